The molecule has 23 heavy (non-hydrogen) atoms. The SMILES string of the molecule is CCCOc1ccccc1Cn1c(O)c(N=O)c2ccccc21. The van der Waals surface area contributed by atoms with Gasteiger partial charge in [0, 0.05) is 10.9 Å². The van der Waals surface area contributed by atoms with Crippen molar-refractivity contribution in [3.8, 4) is 11.6 Å². The highest BCUT2D eigenvalue weighted by Gasteiger charge is 2.18. The summed E-state index contributed by atoms with van der Waals surface area (Å²) in [5.41, 5.74) is 1.78. The zero-order valence-electron chi connectivity index (χ0n) is 12.9. The number of aromatic hydroxyl groups is 1. The van der Waals surface area contributed by atoms with Gasteiger partial charge in [-0.2, -0.15) is 0 Å². The minimum absolute atomic E-state index is 0.0764. The van der Waals surface area contributed by atoms with E-state index >= 15 is 0 Å². The molecule has 0 saturated heterocycles. The molecule has 5 nitrogen and oxygen atoms in total. The Morgan fingerprint density at radius 2 is 1.87 bits per heavy atom. The topological polar surface area (TPSA) is 63.8 Å². The van der Waals surface area contributed by atoms with Crippen molar-refractivity contribution in [3.63, 3.8) is 0 Å². The van der Waals surface area contributed by atoms with Crippen LogP contribution in [0.3, 0.4) is 0 Å². The van der Waals surface area contributed by atoms with Gasteiger partial charge in [-0.15, -0.1) is 4.91 Å². The standard InChI is InChI=1S/C18H18N2O3/c1-2-11-23-16-10-6-3-7-13(16)12-20-15-9-5-4-8-14(15)17(19-22)18(20)21/h3-10,21H,2,11-12H2,1H3. The number of rotatable bonds is 6. The molecule has 3 rings (SSSR count). The first-order chi connectivity index (χ1) is 11.3. The molecule has 0 radical (unpaired) electrons. The molecule has 5 heteroatoms. The second-order valence-corrected chi connectivity index (χ2v) is 5.32. The molecule has 0 atom stereocenters. The van der Waals surface area contributed by atoms with Crippen LogP contribution in [-0.2, 0) is 6.54 Å². The van der Waals surface area contributed by atoms with Crippen LogP contribution in [0.15, 0.2) is 53.7 Å². The fourth-order valence-electron chi connectivity index (χ4n) is 2.68. The number of aromatic nitrogens is 1. The molecule has 3 aromatic rings. The van der Waals surface area contributed by atoms with Crippen LogP contribution in [0, 0.1) is 4.91 Å². The molecule has 0 aliphatic rings. The number of para-hydroxylation sites is 2. The minimum Gasteiger partial charge on any atom is -0.493 e. The molecule has 2 aromatic carbocycles. The fourth-order valence-corrected chi connectivity index (χ4v) is 2.68. The lowest BCUT2D eigenvalue weighted by Gasteiger charge is -2.13. The zero-order chi connectivity index (χ0) is 16.2. The summed E-state index contributed by atoms with van der Waals surface area (Å²) in [6.45, 7) is 3.09. The third kappa shape index (κ3) is 2.77. The predicted molar refractivity (Wildman–Crippen MR) is 90.4 cm³/mol. The summed E-state index contributed by atoms with van der Waals surface area (Å²) in [6, 6.07) is 15.0. The van der Waals surface area contributed by atoms with Gasteiger partial charge in [0.15, 0.2) is 5.69 Å². The Kier molecular flexibility index (Phi) is 4.28. The van der Waals surface area contributed by atoms with E-state index < -0.39 is 0 Å². The van der Waals surface area contributed by atoms with Gasteiger partial charge in [0.05, 0.1) is 18.7 Å². The van der Waals surface area contributed by atoms with Crippen LogP contribution in [-0.4, -0.2) is 16.3 Å². The molecular weight excluding hydrogens is 292 g/mol. The highest BCUT2D eigenvalue weighted by molar-refractivity contribution is 5.95. The van der Waals surface area contributed by atoms with Gasteiger partial charge in [-0.3, -0.25) is 0 Å². The summed E-state index contributed by atoms with van der Waals surface area (Å²) in [4.78, 5) is 11.1. The van der Waals surface area contributed by atoms with E-state index in [1.807, 2.05) is 42.5 Å². The van der Waals surface area contributed by atoms with Gasteiger partial charge in [0.25, 0.3) is 0 Å². The summed E-state index contributed by atoms with van der Waals surface area (Å²) in [6.07, 6.45) is 0.922. The van der Waals surface area contributed by atoms with Crippen LogP contribution in [0.1, 0.15) is 18.9 Å². The number of hydrogen-bond donors (Lipinski definition) is 1. The molecule has 0 amide bonds. The Morgan fingerprint density at radius 3 is 2.65 bits per heavy atom. The number of nitroso groups, excluding NO2 is 1. The van der Waals surface area contributed by atoms with Gasteiger partial charge < -0.3 is 14.4 Å². The first kappa shape index (κ1) is 15.1. The number of nitrogens with zero attached hydrogens (tertiary/aromatic N) is 2. The summed E-state index contributed by atoms with van der Waals surface area (Å²) in [5.74, 6) is 0.665. The van der Waals surface area contributed by atoms with Gasteiger partial charge in [-0.05, 0) is 23.7 Å². The maximum atomic E-state index is 11.1. The van der Waals surface area contributed by atoms with Gasteiger partial charge in [-0.25, -0.2) is 0 Å². The third-order valence-corrected chi connectivity index (χ3v) is 3.77. The predicted octanol–water partition coefficient (Wildman–Crippen LogP) is 4.58. The largest absolute Gasteiger partial charge is 0.493 e. The van der Waals surface area contributed by atoms with E-state index in [1.165, 1.54) is 0 Å². The van der Waals surface area contributed by atoms with E-state index in [1.54, 1.807) is 10.6 Å². The first-order valence-electron chi connectivity index (χ1n) is 7.60. The number of fused-ring (bicyclic) bond motifs is 1. The summed E-state index contributed by atoms with van der Waals surface area (Å²) >= 11 is 0. The lowest BCUT2D eigenvalue weighted by Crippen LogP contribution is -2.03. The number of ether oxygens (including phenoxy) is 1. The Bertz CT molecular complexity index is 839. The van der Waals surface area contributed by atoms with Crippen molar-refractivity contribution in [2.45, 2.75) is 19.9 Å². The van der Waals surface area contributed by atoms with Gasteiger partial charge in [-0.1, -0.05) is 43.3 Å². The number of benzene rings is 2. The monoisotopic (exact) mass is 310 g/mol. The fraction of sp³-hybridized carbons (Fsp3) is 0.222. The van der Waals surface area contributed by atoms with E-state index in [-0.39, 0.29) is 11.6 Å². The van der Waals surface area contributed by atoms with Crippen molar-refractivity contribution < 1.29 is 9.84 Å². The third-order valence-electron chi connectivity index (χ3n) is 3.77. The lowest BCUT2D eigenvalue weighted by atomic mass is 10.2. The second kappa shape index (κ2) is 6.52. The van der Waals surface area contributed by atoms with Crippen molar-refractivity contribution in [2.24, 2.45) is 5.18 Å². The molecule has 0 aliphatic carbocycles. The van der Waals surface area contributed by atoms with Crippen LogP contribution in [0.5, 0.6) is 11.6 Å². The van der Waals surface area contributed by atoms with Crippen molar-refractivity contribution in [3.05, 3.63) is 59.0 Å². The maximum Gasteiger partial charge on any atom is 0.222 e. The van der Waals surface area contributed by atoms with Crippen molar-refractivity contribution in [2.75, 3.05) is 6.61 Å². The van der Waals surface area contributed by atoms with E-state index in [2.05, 4.69) is 12.1 Å². The molecule has 1 N–H and O–H groups in total. The Balaban J connectivity index is 2.06. The van der Waals surface area contributed by atoms with E-state index in [9.17, 15) is 10.0 Å². The molecule has 118 valence electrons. The molecule has 1 aromatic heterocycles. The summed E-state index contributed by atoms with van der Waals surface area (Å²) in [5, 5.41) is 14.0. The molecular formula is C18H18N2O3. The number of hydrogen-bond acceptors (Lipinski definition) is 4. The zero-order valence-corrected chi connectivity index (χ0v) is 12.9. The quantitative estimate of drug-likeness (QED) is 0.678. The average molecular weight is 310 g/mol. The molecule has 1 heterocycles. The lowest BCUT2D eigenvalue weighted by molar-refractivity contribution is 0.313. The molecule has 0 aliphatic heterocycles. The molecule has 0 fully saturated rings. The van der Waals surface area contributed by atoms with Crippen molar-refractivity contribution >= 4 is 16.6 Å². The van der Waals surface area contributed by atoms with E-state index in [4.69, 9.17) is 4.74 Å². The van der Waals surface area contributed by atoms with E-state index in [0.717, 1.165) is 23.3 Å². The van der Waals surface area contributed by atoms with Crippen molar-refractivity contribution in [1.82, 2.24) is 4.57 Å². The van der Waals surface area contributed by atoms with Crippen LogP contribution in [0.25, 0.3) is 10.9 Å². The molecule has 0 bridgehead atoms. The van der Waals surface area contributed by atoms with Gasteiger partial charge >= 0.3 is 0 Å². The maximum absolute atomic E-state index is 11.1. The highest BCUT2D eigenvalue weighted by Crippen LogP contribution is 2.39. The van der Waals surface area contributed by atoms with Crippen LogP contribution in [0.2, 0.25) is 0 Å². The van der Waals surface area contributed by atoms with Crippen LogP contribution >= 0.6 is 0 Å². The van der Waals surface area contributed by atoms with E-state index in [0.29, 0.717) is 18.5 Å². The highest BCUT2D eigenvalue weighted by atomic mass is 16.5. The normalized spacial score (nSPS) is 10.8. The van der Waals surface area contributed by atoms with Crippen molar-refractivity contribution in [1.29, 1.82) is 0 Å². The summed E-state index contributed by atoms with van der Waals surface area (Å²) in [7, 11) is 0. The molecule has 0 unspecified atom stereocenters. The Hall–Kier alpha value is -2.82. The Morgan fingerprint density at radius 1 is 1.13 bits per heavy atom. The average Bonchev–Trinajstić information content (AvgIpc) is 2.86. The van der Waals surface area contributed by atoms with Crippen LogP contribution < -0.4 is 4.74 Å². The molecule has 0 spiro atoms. The Labute approximate surface area is 134 Å². The second-order valence-electron chi connectivity index (χ2n) is 5.32. The van der Waals surface area contributed by atoms with Gasteiger partial charge in [0.1, 0.15) is 5.75 Å². The first-order valence-corrected chi connectivity index (χ1v) is 7.60. The summed E-state index contributed by atoms with van der Waals surface area (Å²) < 4.78 is 7.44. The molecule has 0 saturated carbocycles. The van der Waals surface area contributed by atoms with Gasteiger partial charge in [0.2, 0.25) is 5.88 Å². The minimum atomic E-state index is -0.119. The van der Waals surface area contributed by atoms with Crippen LogP contribution in [0.4, 0.5) is 5.69 Å². The smallest absolute Gasteiger partial charge is 0.222 e.